The van der Waals surface area contributed by atoms with Crippen LogP contribution in [0.4, 0.5) is 53.3 Å². The third kappa shape index (κ3) is 38.3. The molecule has 0 fully saturated rings. The Morgan fingerprint density at radius 2 is 0.724 bits per heavy atom. The van der Waals surface area contributed by atoms with Gasteiger partial charge in [-0.1, -0.05) is 13.8 Å². The number of guanidine groups is 2. The number of nitrogens with zero attached hydrogens (tertiary/aromatic N) is 13. The quantitative estimate of drug-likeness (QED) is 0.00387. The number of nitrogens with two attached hydrogens (primary N) is 1. The van der Waals surface area contributed by atoms with E-state index in [-0.39, 0.29) is 110 Å². The molecule has 7 rings (SSSR count). The Balaban J connectivity index is 0.000000375. The topological polar surface area (TPSA) is 710 Å². The van der Waals surface area contributed by atoms with Crippen molar-refractivity contribution in [2.75, 3.05) is 33.2 Å². The van der Waals surface area contributed by atoms with Gasteiger partial charge in [-0.3, -0.25) is 101 Å². The number of carbonyl (C=O) groups is 12. The standard InChI is InChI=1S/C26H27N5O12.C20H12N6O10.C20H18N6O10.C9H19NO2/c1-16(21(32)42-26(2,3)4)13-14-27-24(28-15-40-43-23(34)18-7-11-20(12-8-18)31(38)39)29-25(35)41-22(33)17-5-9-19(10-6-17)30(36)37;27-16(12-2-6-14(7-3-12)25(31)32)35-19(29)22-18(24-11-1-10-21-24)23-20(30)36-17(28)13-4-8-15(9-5-13)26(33)34;1-21-10-11-22-19(23-12-34-36-18(28)14-4-8-16(9-5-14)26(32)33)24-20(29)35-17(27)13-2-6-15(7-3-13)25(30)31;1-7(5-6-10)8(11)12-9(2,3)4/h5-12,15-16H,13-14H2,1-4H3,(H,27,29,35);1-11H,(H,22,23,29,30);2-9,12,21H,10-11H2,1H3,(H,22,24,29);7H,5-6,10H2,1-4H3. The molecule has 127 heavy (non-hydrogen) atoms. The van der Waals surface area contributed by atoms with E-state index in [0.29, 0.717) is 32.3 Å². The fraction of sp³-hybridized carbons (Fsp3) is 0.253. The van der Waals surface area contributed by atoms with Gasteiger partial charge in [-0.05, 0) is 147 Å². The number of rotatable bonds is 26. The van der Waals surface area contributed by atoms with Gasteiger partial charge < -0.3 is 39.5 Å². The van der Waals surface area contributed by atoms with Crippen molar-refractivity contribution in [3.8, 4) is 0 Å². The van der Waals surface area contributed by atoms with E-state index < -0.39 is 119 Å². The highest BCUT2D eigenvalue weighted by Crippen LogP contribution is 2.21. The zero-order valence-electron chi connectivity index (χ0n) is 67.9. The molecular formula is C75H76N18O34. The number of non-ortho nitro benzene ring substituents is 6. The number of likely N-dealkylation sites (N-methyl/N-ethyl adjacent to an activating group) is 1. The molecule has 52 heteroatoms. The molecule has 0 spiro atoms. The van der Waals surface area contributed by atoms with Gasteiger partial charge in [0.1, 0.15) is 11.2 Å². The second-order valence-corrected chi connectivity index (χ2v) is 26.4. The number of aliphatic imine (C=N–C) groups is 5. The minimum Gasteiger partial charge on any atom is -0.460 e. The SMILES string of the molecule is CC(CCN)C(=O)OC(C)(C)C.CC(CCN=C(N=COOC(=O)c1ccc([N+](=O)[O-])cc1)NC(=O)OC(=O)c1ccc([N+](=O)[O-])cc1)C(=O)OC(C)(C)C.CNCCN=C(N=COOC(=O)c1ccc([N+](=O)[O-])cc1)NC(=O)OC(=O)c1ccc([N+](=O)[O-])cc1.O=C(N=C(NC(=O)OC(=O)c1ccc([N+](=O)[O-])cc1)n1cccn1)OC(=O)c1ccc([N+](=O)[O-])cc1. The molecule has 0 aliphatic heterocycles. The normalized spacial score (nSPS) is 11.6. The van der Waals surface area contributed by atoms with Crippen LogP contribution in [-0.2, 0) is 57.6 Å². The molecule has 0 bridgehead atoms. The lowest BCUT2D eigenvalue weighted by Crippen LogP contribution is -2.38. The number of nitro benzene ring substituents is 6. The summed E-state index contributed by atoms with van der Waals surface area (Å²) in [4.78, 5) is 242. The summed E-state index contributed by atoms with van der Waals surface area (Å²) in [6.07, 6.45) is -0.910. The molecule has 0 aliphatic carbocycles. The predicted octanol–water partition coefficient (Wildman–Crippen LogP) is 9.43. The van der Waals surface area contributed by atoms with Gasteiger partial charge in [-0.15, -0.1) is 4.99 Å². The number of benzene rings is 6. The van der Waals surface area contributed by atoms with E-state index >= 15 is 0 Å². The first kappa shape index (κ1) is 102. The van der Waals surface area contributed by atoms with E-state index in [1.54, 1.807) is 34.7 Å². The van der Waals surface area contributed by atoms with Gasteiger partial charge in [0.05, 0.1) is 81.3 Å². The maximum Gasteiger partial charge on any atom is 0.444 e. The first-order valence-electron chi connectivity index (χ1n) is 36.0. The molecule has 6 aromatic carbocycles. The average molecular weight is 1770 g/mol. The molecule has 52 nitrogen and oxygen atoms in total. The Hall–Kier alpha value is -17.4. The molecule has 0 radical (unpaired) electrons. The summed E-state index contributed by atoms with van der Waals surface area (Å²) in [5, 5.41) is 76.9. The van der Waals surface area contributed by atoms with E-state index in [2.05, 4.69) is 84.5 Å². The predicted molar refractivity (Wildman–Crippen MR) is 433 cm³/mol. The number of carbonyl (C=O) groups excluding carboxylic acids is 12. The third-order valence-electron chi connectivity index (χ3n) is 14.5. The Morgan fingerprint density at radius 1 is 0.433 bits per heavy atom. The summed E-state index contributed by atoms with van der Waals surface area (Å²) in [7, 11) is 1.66. The number of amides is 4. The minimum absolute atomic E-state index is 0.0385. The van der Waals surface area contributed by atoms with Crippen LogP contribution in [0, 0.1) is 72.5 Å². The number of hydrogen-bond donors (Lipinski definition) is 5. The lowest BCUT2D eigenvalue weighted by atomic mass is 10.1. The molecule has 4 amide bonds. The van der Waals surface area contributed by atoms with Crippen LogP contribution in [-0.4, -0.2) is 187 Å². The van der Waals surface area contributed by atoms with Gasteiger partial charge in [0.15, 0.2) is 0 Å². The van der Waals surface area contributed by atoms with Gasteiger partial charge in [-0.2, -0.15) is 15.1 Å². The molecule has 0 saturated carbocycles. The summed E-state index contributed by atoms with van der Waals surface area (Å²) in [5.41, 5.74) is 1.91. The van der Waals surface area contributed by atoms with Crippen molar-refractivity contribution in [1.29, 1.82) is 0 Å². The molecule has 1 heterocycles. The van der Waals surface area contributed by atoms with Gasteiger partial charge in [0.2, 0.25) is 30.7 Å². The summed E-state index contributed by atoms with van der Waals surface area (Å²) in [5.74, 6) is -9.33. The number of alkyl carbamates (subject to hydrolysis) is 3. The fourth-order valence-electron chi connectivity index (χ4n) is 8.40. The highest BCUT2D eigenvalue weighted by atomic mass is 17.2. The maximum absolute atomic E-state index is 12.3. The molecule has 2 atom stereocenters. The molecule has 6 N–H and O–H groups in total. The van der Waals surface area contributed by atoms with Gasteiger partial charge in [-0.25, -0.2) is 67.4 Å². The van der Waals surface area contributed by atoms with Crippen molar-refractivity contribution < 1.29 is 135 Å². The van der Waals surface area contributed by atoms with Crippen LogP contribution in [0.5, 0.6) is 0 Å². The Bertz CT molecular complexity index is 5280. The van der Waals surface area contributed by atoms with Gasteiger partial charge >= 0.3 is 72.1 Å². The molecule has 2 unspecified atom stereocenters. The van der Waals surface area contributed by atoms with E-state index in [1.807, 2.05) is 33.0 Å². The molecule has 1 aromatic heterocycles. The minimum atomic E-state index is -1.49. The molecule has 0 saturated heterocycles. The second-order valence-electron chi connectivity index (χ2n) is 26.4. The summed E-state index contributed by atoms with van der Waals surface area (Å²) >= 11 is 0. The zero-order chi connectivity index (χ0) is 94.7. The molecular weight excluding hydrogens is 1700 g/mol. The van der Waals surface area contributed by atoms with Gasteiger partial charge in [0, 0.05) is 98.3 Å². The first-order valence-corrected chi connectivity index (χ1v) is 36.0. The van der Waals surface area contributed by atoms with E-state index in [4.69, 9.17) is 15.2 Å². The van der Waals surface area contributed by atoms with E-state index in [1.165, 1.54) is 18.5 Å². The van der Waals surface area contributed by atoms with Crippen molar-refractivity contribution in [2.45, 2.75) is 79.4 Å². The number of nitrogens with one attached hydrogen (secondary N) is 4. The maximum atomic E-state index is 12.3. The van der Waals surface area contributed by atoms with E-state index in [0.717, 1.165) is 150 Å². The van der Waals surface area contributed by atoms with Crippen molar-refractivity contribution in [1.82, 2.24) is 31.0 Å². The Labute approximate surface area is 713 Å². The molecule has 7 aromatic rings. The summed E-state index contributed by atoms with van der Waals surface area (Å²) in [6, 6.07) is 27.4. The van der Waals surface area contributed by atoms with E-state index in [9.17, 15) is 118 Å². The average Bonchev–Trinajstić information content (AvgIpc) is 1.84. The van der Waals surface area contributed by atoms with Crippen LogP contribution in [0.15, 0.2) is 189 Å². The smallest absolute Gasteiger partial charge is 0.444 e. The van der Waals surface area contributed by atoms with Crippen molar-refractivity contribution in [3.63, 3.8) is 0 Å². The monoisotopic (exact) mass is 1770 g/mol. The first-order chi connectivity index (χ1) is 59.9. The lowest BCUT2D eigenvalue weighted by molar-refractivity contribution is -0.385. The van der Waals surface area contributed by atoms with Crippen molar-refractivity contribution in [2.24, 2.45) is 42.5 Å². The zero-order valence-corrected chi connectivity index (χ0v) is 67.9. The number of aromatic nitrogens is 2. The van der Waals surface area contributed by atoms with Crippen molar-refractivity contribution in [3.05, 3.63) is 258 Å². The second kappa shape index (κ2) is 50.7. The number of esters is 6. The van der Waals surface area contributed by atoms with Crippen LogP contribution in [0.2, 0.25) is 0 Å². The lowest BCUT2D eigenvalue weighted by Gasteiger charge is -2.22. The number of ether oxygens (including phenoxy) is 6. The van der Waals surface area contributed by atoms with Crippen LogP contribution in [0.25, 0.3) is 0 Å². The highest BCUT2D eigenvalue weighted by molar-refractivity contribution is 6.07. The summed E-state index contributed by atoms with van der Waals surface area (Å²) < 4.78 is 29.7. The van der Waals surface area contributed by atoms with Crippen molar-refractivity contribution >= 4 is 137 Å². The molecule has 670 valence electrons. The van der Waals surface area contributed by atoms with Crippen LogP contribution >= 0.6 is 0 Å². The Morgan fingerprint density at radius 3 is 1.01 bits per heavy atom. The van der Waals surface area contributed by atoms with Crippen LogP contribution in [0.1, 0.15) is 130 Å². The number of hydrogen-bond acceptors (Lipinski definition) is 39. The third-order valence-corrected chi connectivity index (χ3v) is 14.5. The van der Waals surface area contributed by atoms with Gasteiger partial charge in [0.25, 0.3) is 34.1 Å². The molecule has 0 aliphatic rings. The van der Waals surface area contributed by atoms with Crippen LogP contribution < -0.4 is 27.0 Å². The summed E-state index contributed by atoms with van der Waals surface area (Å²) in [6.45, 7) is 15.2. The number of nitro groups is 6. The van der Waals surface area contributed by atoms with Crippen LogP contribution in [0.3, 0.4) is 0 Å². The highest BCUT2D eigenvalue weighted by Gasteiger charge is 2.26. The Kier molecular flexibility index (Phi) is 40.7. The fourth-order valence-corrected chi connectivity index (χ4v) is 8.40. The largest absolute Gasteiger partial charge is 0.460 e.